The topological polar surface area (TPSA) is 60.0 Å². The lowest BCUT2D eigenvalue weighted by molar-refractivity contribution is 0.0143. The quantitative estimate of drug-likeness (QED) is 0.560. The fraction of sp³-hybridized carbons (Fsp3) is 0.667. The molecule has 0 bridgehead atoms. The van der Waals surface area contributed by atoms with Gasteiger partial charge in [-0.3, -0.25) is 0 Å². The molecule has 6 heteroatoms. The van der Waals surface area contributed by atoms with Gasteiger partial charge in [0.25, 0.3) is 0 Å². The molecule has 0 fully saturated rings. The minimum Gasteiger partial charge on any atom is -0.491 e. The number of aliphatic hydroxyl groups excluding tert-OH is 1. The summed E-state index contributed by atoms with van der Waals surface area (Å²) >= 11 is 0. The van der Waals surface area contributed by atoms with Crippen LogP contribution in [-0.4, -0.2) is 49.7 Å². The molecule has 0 aliphatic heterocycles. The smallest absolute Gasteiger partial charge is 0.119 e. The van der Waals surface area contributed by atoms with Crippen LogP contribution in [0.3, 0.4) is 0 Å². The summed E-state index contributed by atoms with van der Waals surface area (Å²) in [5, 5.41) is 13.0. The predicted octanol–water partition coefficient (Wildman–Crippen LogP) is 2.79. The molecule has 0 aromatic heterocycles. The number of halogens is 1. The molecule has 0 saturated heterocycles. The van der Waals surface area contributed by atoms with Crippen LogP contribution in [0.4, 0.5) is 0 Å². The largest absolute Gasteiger partial charge is 0.491 e. The molecule has 0 aliphatic rings. The SMILES string of the molecule is CC(C)NC[C@H](O)COc1ccc(COCCOC(C)C)cc1.Cl. The normalized spacial score (nSPS) is 12.3. The van der Waals surface area contributed by atoms with E-state index >= 15 is 0 Å². The van der Waals surface area contributed by atoms with Gasteiger partial charge >= 0.3 is 0 Å². The average molecular weight is 362 g/mol. The van der Waals surface area contributed by atoms with Crippen molar-refractivity contribution in [2.75, 3.05) is 26.4 Å². The second-order valence-electron chi connectivity index (χ2n) is 6.14. The van der Waals surface area contributed by atoms with Crippen molar-refractivity contribution in [1.82, 2.24) is 5.32 Å². The highest BCUT2D eigenvalue weighted by atomic mass is 35.5. The maximum atomic E-state index is 9.80. The van der Waals surface area contributed by atoms with E-state index < -0.39 is 6.10 Å². The second kappa shape index (κ2) is 13.4. The first-order valence-corrected chi connectivity index (χ1v) is 8.30. The summed E-state index contributed by atoms with van der Waals surface area (Å²) in [6, 6.07) is 8.09. The number of benzene rings is 1. The van der Waals surface area contributed by atoms with E-state index in [2.05, 4.69) is 5.32 Å². The fourth-order valence-corrected chi connectivity index (χ4v) is 1.84. The number of rotatable bonds is 12. The Balaban J connectivity index is 0.00000529. The molecule has 1 atom stereocenters. The fourth-order valence-electron chi connectivity index (χ4n) is 1.84. The molecule has 0 aliphatic carbocycles. The highest BCUT2D eigenvalue weighted by molar-refractivity contribution is 5.85. The summed E-state index contributed by atoms with van der Waals surface area (Å²) in [6.45, 7) is 10.7. The molecule has 1 aromatic rings. The van der Waals surface area contributed by atoms with Gasteiger partial charge in [0.15, 0.2) is 0 Å². The van der Waals surface area contributed by atoms with Gasteiger partial charge in [0.2, 0.25) is 0 Å². The molecular weight excluding hydrogens is 330 g/mol. The molecule has 0 unspecified atom stereocenters. The van der Waals surface area contributed by atoms with E-state index in [0.29, 0.717) is 32.4 Å². The van der Waals surface area contributed by atoms with Crippen molar-refractivity contribution in [2.24, 2.45) is 0 Å². The van der Waals surface area contributed by atoms with Crippen LogP contribution >= 0.6 is 12.4 Å². The minimum absolute atomic E-state index is 0. The first-order valence-electron chi connectivity index (χ1n) is 8.30. The molecule has 0 heterocycles. The lowest BCUT2D eigenvalue weighted by atomic mass is 10.2. The zero-order valence-corrected chi connectivity index (χ0v) is 16.0. The average Bonchev–Trinajstić information content (AvgIpc) is 2.51. The van der Waals surface area contributed by atoms with Gasteiger partial charge < -0.3 is 24.6 Å². The van der Waals surface area contributed by atoms with Crippen LogP contribution in [0.15, 0.2) is 24.3 Å². The summed E-state index contributed by atoms with van der Waals surface area (Å²) in [5.74, 6) is 0.750. The summed E-state index contributed by atoms with van der Waals surface area (Å²) in [6.07, 6.45) is -0.275. The van der Waals surface area contributed by atoms with E-state index in [9.17, 15) is 5.11 Å². The van der Waals surface area contributed by atoms with Crippen LogP contribution in [0.1, 0.15) is 33.3 Å². The number of hydrogen-bond acceptors (Lipinski definition) is 5. The van der Waals surface area contributed by atoms with Crippen molar-refractivity contribution in [3.05, 3.63) is 29.8 Å². The van der Waals surface area contributed by atoms with Gasteiger partial charge in [-0.2, -0.15) is 0 Å². The number of hydrogen-bond donors (Lipinski definition) is 2. The summed E-state index contributed by atoms with van der Waals surface area (Å²) in [7, 11) is 0. The Hall–Kier alpha value is -0.850. The third kappa shape index (κ3) is 11.6. The van der Waals surface area contributed by atoms with Gasteiger partial charge in [-0.05, 0) is 31.5 Å². The van der Waals surface area contributed by atoms with Gasteiger partial charge in [-0.25, -0.2) is 0 Å². The maximum absolute atomic E-state index is 9.80. The third-order valence-corrected chi connectivity index (χ3v) is 3.08. The van der Waals surface area contributed by atoms with E-state index in [1.165, 1.54) is 0 Å². The third-order valence-electron chi connectivity index (χ3n) is 3.08. The number of aliphatic hydroxyl groups is 1. The van der Waals surface area contributed by atoms with Crippen LogP contribution in [0.5, 0.6) is 5.75 Å². The van der Waals surface area contributed by atoms with E-state index in [4.69, 9.17) is 14.2 Å². The van der Waals surface area contributed by atoms with E-state index in [1.54, 1.807) is 0 Å². The molecule has 1 aromatic carbocycles. The lowest BCUT2D eigenvalue weighted by Gasteiger charge is -2.15. The van der Waals surface area contributed by atoms with Gasteiger partial charge in [0.05, 0.1) is 25.9 Å². The maximum Gasteiger partial charge on any atom is 0.119 e. The Labute approximate surface area is 152 Å². The first-order chi connectivity index (χ1) is 11.0. The Kier molecular flexibility index (Phi) is 13.0. The van der Waals surface area contributed by atoms with E-state index in [0.717, 1.165) is 11.3 Å². The molecule has 2 N–H and O–H groups in total. The van der Waals surface area contributed by atoms with Crippen molar-refractivity contribution in [2.45, 2.75) is 52.6 Å². The molecule has 140 valence electrons. The summed E-state index contributed by atoms with van der Waals surface area (Å²) in [4.78, 5) is 0. The first kappa shape index (κ1) is 23.1. The highest BCUT2D eigenvalue weighted by Gasteiger charge is 2.06. The Bertz CT molecular complexity index is 412. The van der Waals surface area contributed by atoms with Crippen molar-refractivity contribution in [3.8, 4) is 5.75 Å². The zero-order chi connectivity index (χ0) is 17.1. The van der Waals surface area contributed by atoms with Gasteiger partial charge in [0, 0.05) is 12.6 Å². The summed E-state index contributed by atoms with van der Waals surface area (Å²) < 4.78 is 16.5. The molecule has 0 amide bonds. The second-order valence-corrected chi connectivity index (χ2v) is 6.14. The number of nitrogens with one attached hydrogen (secondary N) is 1. The van der Waals surface area contributed by atoms with Crippen LogP contribution in [0.25, 0.3) is 0 Å². The van der Waals surface area contributed by atoms with Crippen LogP contribution in [0, 0.1) is 0 Å². The van der Waals surface area contributed by atoms with Gasteiger partial charge in [-0.15, -0.1) is 12.4 Å². The van der Waals surface area contributed by atoms with Crippen LogP contribution in [-0.2, 0) is 16.1 Å². The van der Waals surface area contributed by atoms with Gasteiger partial charge in [-0.1, -0.05) is 26.0 Å². The van der Waals surface area contributed by atoms with Crippen molar-refractivity contribution < 1.29 is 19.3 Å². The lowest BCUT2D eigenvalue weighted by Crippen LogP contribution is -2.35. The van der Waals surface area contributed by atoms with Crippen molar-refractivity contribution in [1.29, 1.82) is 0 Å². The molecule has 0 spiro atoms. The molecule has 24 heavy (non-hydrogen) atoms. The summed E-state index contributed by atoms with van der Waals surface area (Å²) in [5.41, 5.74) is 1.09. The Morgan fingerprint density at radius 1 is 1.04 bits per heavy atom. The Morgan fingerprint density at radius 2 is 1.71 bits per heavy atom. The van der Waals surface area contributed by atoms with E-state index in [-0.39, 0.29) is 25.1 Å². The van der Waals surface area contributed by atoms with Gasteiger partial charge in [0.1, 0.15) is 18.5 Å². The standard InChI is InChI=1S/C18H31NO4.ClH/c1-14(2)19-11-17(20)13-23-18-7-5-16(6-8-18)12-21-9-10-22-15(3)4;/h5-8,14-15,17,19-20H,9-13H2,1-4H3;1H/t17-;/m0./s1. The Morgan fingerprint density at radius 3 is 2.29 bits per heavy atom. The van der Waals surface area contributed by atoms with Crippen molar-refractivity contribution >= 4 is 12.4 Å². The van der Waals surface area contributed by atoms with Crippen molar-refractivity contribution in [3.63, 3.8) is 0 Å². The molecule has 0 radical (unpaired) electrons. The monoisotopic (exact) mass is 361 g/mol. The number of ether oxygens (including phenoxy) is 3. The van der Waals surface area contributed by atoms with Crippen LogP contribution < -0.4 is 10.1 Å². The molecule has 1 rings (SSSR count). The molecular formula is C18H32ClNO4. The van der Waals surface area contributed by atoms with Crippen LogP contribution in [0.2, 0.25) is 0 Å². The predicted molar refractivity (Wildman–Crippen MR) is 99.1 cm³/mol. The minimum atomic E-state index is -0.513. The molecule has 0 saturated carbocycles. The highest BCUT2D eigenvalue weighted by Crippen LogP contribution is 2.13. The zero-order valence-electron chi connectivity index (χ0n) is 15.2. The molecule has 5 nitrogen and oxygen atoms in total. The van der Waals surface area contributed by atoms with E-state index in [1.807, 2.05) is 52.0 Å².